The standard InChI is InChI=1S/C15H19ClN8/c1-2-24(8-4-3-6-17)11-9-18-13-12(21-23-15(13)20-11)10-5-7-19-22-14(10)16/h5,7,9H,2-4,6,8,17H2,1H3,(H,20,21,23). The molecule has 8 nitrogen and oxygen atoms in total. The van der Waals surface area contributed by atoms with E-state index >= 15 is 0 Å². The third kappa shape index (κ3) is 3.29. The zero-order valence-corrected chi connectivity index (χ0v) is 14.2. The first kappa shape index (κ1) is 16.5. The molecule has 0 unspecified atom stereocenters. The van der Waals surface area contributed by atoms with E-state index in [1.807, 2.05) is 0 Å². The summed E-state index contributed by atoms with van der Waals surface area (Å²) in [6.07, 6.45) is 5.35. The van der Waals surface area contributed by atoms with Gasteiger partial charge in [-0.1, -0.05) is 11.6 Å². The van der Waals surface area contributed by atoms with Gasteiger partial charge >= 0.3 is 0 Å². The molecule has 0 atom stereocenters. The Labute approximate surface area is 144 Å². The van der Waals surface area contributed by atoms with Crippen molar-refractivity contribution in [2.24, 2.45) is 5.73 Å². The molecule has 9 heteroatoms. The van der Waals surface area contributed by atoms with E-state index in [-0.39, 0.29) is 5.15 Å². The molecule has 0 aromatic carbocycles. The number of nitrogens with one attached hydrogen (secondary N) is 1. The summed E-state index contributed by atoms with van der Waals surface area (Å²) >= 11 is 6.10. The van der Waals surface area contributed by atoms with Gasteiger partial charge in [0.1, 0.15) is 17.0 Å². The van der Waals surface area contributed by atoms with Crippen LogP contribution < -0.4 is 10.6 Å². The SMILES string of the molecule is CCN(CCCCN)c1cnc2c(-c3ccnnc3Cl)n[nH]c2n1. The molecule has 24 heavy (non-hydrogen) atoms. The van der Waals surface area contributed by atoms with E-state index in [4.69, 9.17) is 17.3 Å². The molecule has 0 spiro atoms. The van der Waals surface area contributed by atoms with E-state index in [0.29, 0.717) is 29.0 Å². The van der Waals surface area contributed by atoms with Crippen LogP contribution in [-0.2, 0) is 0 Å². The van der Waals surface area contributed by atoms with Crippen molar-refractivity contribution in [1.29, 1.82) is 0 Å². The molecule has 0 saturated heterocycles. The van der Waals surface area contributed by atoms with E-state index < -0.39 is 0 Å². The highest BCUT2D eigenvalue weighted by Gasteiger charge is 2.16. The average molecular weight is 347 g/mol. The molecule has 3 aromatic heterocycles. The number of halogens is 1. The Morgan fingerprint density at radius 1 is 1.33 bits per heavy atom. The van der Waals surface area contributed by atoms with Gasteiger partial charge in [-0.05, 0) is 32.4 Å². The van der Waals surface area contributed by atoms with Crippen molar-refractivity contribution in [3.05, 3.63) is 23.6 Å². The lowest BCUT2D eigenvalue weighted by Gasteiger charge is -2.21. The zero-order valence-electron chi connectivity index (χ0n) is 13.4. The first-order valence-corrected chi connectivity index (χ1v) is 8.26. The third-order valence-electron chi connectivity index (χ3n) is 3.78. The lowest BCUT2D eigenvalue weighted by Crippen LogP contribution is -2.25. The van der Waals surface area contributed by atoms with Crippen LogP contribution in [0.25, 0.3) is 22.4 Å². The number of H-pyrrole nitrogens is 1. The number of nitrogens with two attached hydrogens (primary N) is 1. The van der Waals surface area contributed by atoms with E-state index in [2.05, 4.69) is 42.2 Å². The van der Waals surface area contributed by atoms with Crippen LogP contribution >= 0.6 is 11.6 Å². The van der Waals surface area contributed by atoms with Crippen molar-refractivity contribution in [2.75, 3.05) is 24.5 Å². The molecule has 0 aliphatic carbocycles. The summed E-state index contributed by atoms with van der Waals surface area (Å²) in [7, 11) is 0. The number of aromatic amines is 1. The van der Waals surface area contributed by atoms with Gasteiger partial charge in [0, 0.05) is 18.7 Å². The van der Waals surface area contributed by atoms with Crippen molar-refractivity contribution in [2.45, 2.75) is 19.8 Å². The van der Waals surface area contributed by atoms with Crippen LogP contribution in [0.5, 0.6) is 0 Å². The Morgan fingerprint density at radius 2 is 2.21 bits per heavy atom. The average Bonchev–Trinajstić information content (AvgIpc) is 3.02. The fourth-order valence-corrected chi connectivity index (χ4v) is 2.70. The predicted molar refractivity (Wildman–Crippen MR) is 93.9 cm³/mol. The van der Waals surface area contributed by atoms with Gasteiger partial charge < -0.3 is 10.6 Å². The zero-order chi connectivity index (χ0) is 16.9. The van der Waals surface area contributed by atoms with Crippen molar-refractivity contribution in [1.82, 2.24) is 30.4 Å². The monoisotopic (exact) mass is 346 g/mol. The number of nitrogens with zero attached hydrogens (tertiary/aromatic N) is 6. The maximum absolute atomic E-state index is 6.10. The second-order valence-corrected chi connectivity index (χ2v) is 5.67. The fraction of sp³-hybridized carbons (Fsp3) is 0.400. The molecule has 126 valence electrons. The number of hydrogen-bond donors (Lipinski definition) is 2. The second-order valence-electron chi connectivity index (χ2n) is 5.31. The molecule has 0 aliphatic heterocycles. The summed E-state index contributed by atoms with van der Waals surface area (Å²) < 4.78 is 0. The van der Waals surface area contributed by atoms with Gasteiger partial charge in [0.15, 0.2) is 10.8 Å². The smallest absolute Gasteiger partial charge is 0.177 e. The van der Waals surface area contributed by atoms with Crippen LogP contribution in [0.2, 0.25) is 5.15 Å². The topological polar surface area (TPSA) is 110 Å². The van der Waals surface area contributed by atoms with Gasteiger partial charge in [-0.3, -0.25) is 5.10 Å². The van der Waals surface area contributed by atoms with Crippen molar-refractivity contribution in [3.8, 4) is 11.3 Å². The highest BCUT2D eigenvalue weighted by atomic mass is 35.5. The second kappa shape index (κ2) is 7.50. The highest BCUT2D eigenvalue weighted by molar-refractivity contribution is 6.32. The lowest BCUT2D eigenvalue weighted by molar-refractivity contribution is 0.697. The number of anilines is 1. The van der Waals surface area contributed by atoms with Gasteiger partial charge in [-0.2, -0.15) is 10.2 Å². The Bertz CT molecular complexity index is 818. The van der Waals surface area contributed by atoms with E-state index in [9.17, 15) is 0 Å². The third-order valence-corrected chi connectivity index (χ3v) is 4.06. The molecule has 3 aromatic rings. The van der Waals surface area contributed by atoms with Gasteiger partial charge in [-0.15, -0.1) is 5.10 Å². The minimum atomic E-state index is 0.286. The van der Waals surface area contributed by atoms with E-state index in [1.54, 1.807) is 18.5 Å². The van der Waals surface area contributed by atoms with E-state index in [1.165, 1.54) is 0 Å². The normalized spacial score (nSPS) is 11.1. The molecule has 3 N–H and O–H groups in total. The largest absolute Gasteiger partial charge is 0.356 e. The number of fused-ring (bicyclic) bond motifs is 1. The number of rotatable bonds is 7. The maximum atomic E-state index is 6.10. The summed E-state index contributed by atoms with van der Waals surface area (Å²) in [6, 6.07) is 1.76. The van der Waals surface area contributed by atoms with Crippen molar-refractivity contribution in [3.63, 3.8) is 0 Å². The molecule has 3 rings (SSSR count). The minimum Gasteiger partial charge on any atom is -0.356 e. The Kier molecular flexibility index (Phi) is 5.17. The summed E-state index contributed by atoms with van der Waals surface area (Å²) in [6.45, 7) is 4.54. The molecule has 0 fully saturated rings. The summed E-state index contributed by atoms with van der Waals surface area (Å²) in [5, 5.41) is 15.1. The summed E-state index contributed by atoms with van der Waals surface area (Å²) in [5.74, 6) is 0.816. The first-order chi connectivity index (χ1) is 11.7. The number of unbranched alkanes of at least 4 members (excludes halogenated alkanes) is 1. The predicted octanol–water partition coefficient (Wildman–Crippen LogP) is 2.03. The van der Waals surface area contributed by atoms with Gasteiger partial charge in [0.25, 0.3) is 0 Å². The Morgan fingerprint density at radius 3 is 2.96 bits per heavy atom. The summed E-state index contributed by atoms with van der Waals surface area (Å²) in [4.78, 5) is 11.3. The van der Waals surface area contributed by atoms with Crippen molar-refractivity contribution >= 4 is 28.6 Å². The van der Waals surface area contributed by atoms with Crippen LogP contribution in [0.15, 0.2) is 18.5 Å². The summed E-state index contributed by atoms with van der Waals surface area (Å²) in [5.41, 5.74) is 8.13. The van der Waals surface area contributed by atoms with Crippen LogP contribution in [-0.4, -0.2) is 50.0 Å². The maximum Gasteiger partial charge on any atom is 0.177 e. The molecule has 3 heterocycles. The molecular formula is C15H19ClN8. The highest BCUT2D eigenvalue weighted by Crippen LogP contribution is 2.28. The van der Waals surface area contributed by atoms with Gasteiger partial charge in [-0.25, -0.2) is 9.97 Å². The van der Waals surface area contributed by atoms with Crippen LogP contribution in [0, 0.1) is 0 Å². The number of hydrogen-bond acceptors (Lipinski definition) is 7. The molecule has 0 radical (unpaired) electrons. The van der Waals surface area contributed by atoms with E-state index in [0.717, 1.165) is 31.7 Å². The Balaban J connectivity index is 1.92. The molecule has 0 amide bonds. The molecule has 0 aliphatic rings. The minimum absolute atomic E-state index is 0.286. The quantitative estimate of drug-likeness (QED) is 0.630. The van der Waals surface area contributed by atoms with Crippen LogP contribution in [0.1, 0.15) is 19.8 Å². The number of aromatic nitrogens is 6. The fourth-order valence-electron chi connectivity index (χ4n) is 2.51. The van der Waals surface area contributed by atoms with Gasteiger partial charge in [0.05, 0.1) is 12.4 Å². The Hall–Kier alpha value is -2.32. The first-order valence-electron chi connectivity index (χ1n) is 7.88. The van der Waals surface area contributed by atoms with Crippen LogP contribution in [0.4, 0.5) is 5.82 Å². The lowest BCUT2D eigenvalue weighted by atomic mass is 10.2. The molecule has 0 saturated carbocycles. The molecule has 0 bridgehead atoms. The van der Waals surface area contributed by atoms with Crippen LogP contribution in [0.3, 0.4) is 0 Å². The van der Waals surface area contributed by atoms with Crippen molar-refractivity contribution < 1.29 is 0 Å². The molecular weight excluding hydrogens is 328 g/mol. The van der Waals surface area contributed by atoms with Gasteiger partial charge in [0.2, 0.25) is 0 Å².